The highest BCUT2D eigenvalue weighted by Gasteiger charge is 2.14. The lowest BCUT2D eigenvalue weighted by atomic mass is 10.0. The molecule has 1 N–H and O–H groups in total. The van der Waals surface area contributed by atoms with Crippen LogP contribution in [0.15, 0.2) is 41.8 Å². The zero-order valence-electron chi connectivity index (χ0n) is 16.3. The lowest BCUT2D eigenvalue weighted by molar-refractivity contribution is -0.119. The topological polar surface area (TPSA) is 76.6 Å². The Balaban J connectivity index is 1.66. The number of nitrogens with zero attached hydrogens (tertiary/aromatic N) is 5. The first-order valence-corrected chi connectivity index (χ1v) is 10.1. The molecule has 0 fully saturated rings. The van der Waals surface area contributed by atoms with E-state index in [4.69, 9.17) is 0 Å². The normalized spacial score (nSPS) is 11.6. The summed E-state index contributed by atoms with van der Waals surface area (Å²) >= 11 is 1.37. The molecule has 0 atom stereocenters. The van der Waals surface area contributed by atoms with Crippen molar-refractivity contribution in [2.24, 2.45) is 0 Å². The number of amides is 1. The van der Waals surface area contributed by atoms with Crippen LogP contribution in [-0.2, 0) is 4.79 Å². The Kier molecular flexibility index (Phi) is 4.80. The number of hydrogen-bond acceptors (Lipinski definition) is 5. The van der Waals surface area contributed by atoms with E-state index in [9.17, 15) is 4.79 Å². The molecule has 0 radical (unpaired) electrons. The molecule has 0 aliphatic carbocycles. The number of thioether (sulfide) groups is 1. The largest absolute Gasteiger partial charge is 0.353 e. The summed E-state index contributed by atoms with van der Waals surface area (Å²) in [7, 11) is 0. The van der Waals surface area contributed by atoms with Crippen LogP contribution in [0.2, 0.25) is 0 Å². The van der Waals surface area contributed by atoms with Gasteiger partial charge in [-0.1, -0.05) is 23.9 Å². The zero-order valence-corrected chi connectivity index (χ0v) is 17.1. The van der Waals surface area contributed by atoms with Crippen LogP contribution in [-0.4, -0.2) is 41.9 Å². The molecule has 3 aromatic heterocycles. The highest BCUT2D eigenvalue weighted by atomic mass is 32.2. The first-order chi connectivity index (χ1) is 13.4. The van der Waals surface area contributed by atoms with Crippen molar-refractivity contribution in [1.82, 2.24) is 29.5 Å². The third-order valence-electron chi connectivity index (χ3n) is 4.57. The molecule has 0 bridgehead atoms. The number of rotatable bonds is 5. The second-order valence-corrected chi connectivity index (χ2v) is 8.09. The number of hydrogen-bond donors (Lipinski definition) is 1. The number of aryl methyl sites for hydroxylation is 2. The minimum atomic E-state index is -0.0146. The maximum absolute atomic E-state index is 11.9. The molecule has 28 heavy (non-hydrogen) atoms. The average molecular weight is 395 g/mol. The highest BCUT2D eigenvalue weighted by molar-refractivity contribution is 7.99. The van der Waals surface area contributed by atoms with Crippen molar-refractivity contribution in [1.29, 1.82) is 0 Å². The van der Waals surface area contributed by atoms with Crippen molar-refractivity contribution < 1.29 is 4.79 Å². The smallest absolute Gasteiger partial charge is 0.230 e. The van der Waals surface area contributed by atoms with Crippen LogP contribution >= 0.6 is 11.8 Å². The van der Waals surface area contributed by atoms with Gasteiger partial charge in [0.05, 0.1) is 11.4 Å². The third-order valence-corrected chi connectivity index (χ3v) is 5.51. The van der Waals surface area contributed by atoms with Gasteiger partial charge in [0, 0.05) is 24.0 Å². The van der Waals surface area contributed by atoms with Crippen molar-refractivity contribution in [3.05, 3.63) is 47.8 Å². The summed E-state index contributed by atoms with van der Waals surface area (Å²) in [5.74, 6) is 0.288. The molecular formula is C20H22N6OS. The number of aromatic nitrogens is 5. The van der Waals surface area contributed by atoms with Crippen LogP contribution in [0.1, 0.15) is 25.0 Å². The fourth-order valence-corrected chi connectivity index (χ4v) is 3.75. The molecule has 1 amide bonds. The van der Waals surface area contributed by atoms with E-state index in [1.165, 1.54) is 22.9 Å². The van der Waals surface area contributed by atoms with Crippen LogP contribution in [0.5, 0.6) is 0 Å². The Hall–Kier alpha value is -2.87. The SMILES string of the molecule is Cc1ccc(-c2cc3c4nnc(SCC(=O)NC(C)C)n4ccn3n2)cc1C. The van der Waals surface area contributed by atoms with Gasteiger partial charge in [-0.2, -0.15) is 5.10 Å². The molecule has 0 saturated carbocycles. The molecular weight excluding hydrogens is 372 g/mol. The molecule has 3 heterocycles. The summed E-state index contributed by atoms with van der Waals surface area (Å²) < 4.78 is 3.71. The van der Waals surface area contributed by atoms with Crippen LogP contribution in [0.4, 0.5) is 0 Å². The molecule has 144 valence electrons. The fourth-order valence-electron chi connectivity index (χ4n) is 3.02. The van der Waals surface area contributed by atoms with Gasteiger partial charge in [-0.15, -0.1) is 10.2 Å². The van der Waals surface area contributed by atoms with Gasteiger partial charge < -0.3 is 5.32 Å². The molecule has 0 aliphatic heterocycles. The Morgan fingerprint density at radius 1 is 1.14 bits per heavy atom. The van der Waals surface area contributed by atoms with E-state index in [-0.39, 0.29) is 11.9 Å². The van der Waals surface area contributed by atoms with Crippen molar-refractivity contribution in [3.8, 4) is 11.3 Å². The lowest BCUT2D eigenvalue weighted by Crippen LogP contribution is -2.31. The van der Waals surface area contributed by atoms with Gasteiger partial charge in [0.15, 0.2) is 10.8 Å². The molecule has 0 spiro atoms. The minimum Gasteiger partial charge on any atom is -0.353 e. The summed E-state index contributed by atoms with van der Waals surface area (Å²) in [5.41, 5.74) is 6.06. The van der Waals surface area contributed by atoms with Crippen LogP contribution in [0, 0.1) is 13.8 Å². The molecule has 0 unspecified atom stereocenters. The number of nitrogens with one attached hydrogen (secondary N) is 1. The number of benzene rings is 1. The predicted molar refractivity (Wildman–Crippen MR) is 111 cm³/mol. The van der Waals surface area contributed by atoms with E-state index in [1.807, 2.05) is 41.2 Å². The van der Waals surface area contributed by atoms with E-state index >= 15 is 0 Å². The van der Waals surface area contributed by atoms with Crippen LogP contribution in [0.25, 0.3) is 22.4 Å². The summed E-state index contributed by atoms with van der Waals surface area (Å²) in [6, 6.07) is 8.48. The fraction of sp³-hybridized carbons (Fsp3) is 0.300. The molecule has 8 heteroatoms. The van der Waals surface area contributed by atoms with E-state index in [0.29, 0.717) is 10.9 Å². The maximum atomic E-state index is 11.9. The molecule has 7 nitrogen and oxygen atoms in total. The maximum Gasteiger partial charge on any atom is 0.230 e. The van der Waals surface area contributed by atoms with Gasteiger partial charge in [-0.25, -0.2) is 4.52 Å². The summed E-state index contributed by atoms with van der Waals surface area (Å²) in [6.45, 7) is 8.09. The summed E-state index contributed by atoms with van der Waals surface area (Å²) in [6.07, 6.45) is 3.76. The third kappa shape index (κ3) is 3.47. The molecule has 0 saturated heterocycles. The van der Waals surface area contributed by atoms with Gasteiger partial charge in [-0.05, 0) is 51.0 Å². The Morgan fingerprint density at radius 3 is 2.71 bits per heavy atom. The van der Waals surface area contributed by atoms with E-state index in [1.54, 1.807) is 0 Å². The monoisotopic (exact) mass is 394 g/mol. The van der Waals surface area contributed by atoms with E-state index < -0.39 is 0 Å². The quantitative estimate of drug-likeness (QED) is 0.526. The molecule has 1 aromatic carbocycles. The minimum absolute atomic E-state index is 0.0146. The first-order valence-electron chi connectivity index (χ1n) is 9.15. The van der Waals surface area contributed by atoms with Crippen molar-refractivity contribution in [2.75, 3.05) is 5.75 Å². The first kappa shape index (κ1) is 18.5. The molecule has 0 aliphatic rings. The van der Waals surface area contributed by atoms with E-state index in [2.05, 4.69) is 52.7 Å². The predicted octanol–water partition coefficient (Wildman–Crippen LogP) is 3.28. The standard InChI is InChI=1S/C20H22N6OS/c1-12(2)21-18(27)11-28-20-23-22-19-17-10-16(24-26(17)8-7-25(19)20)15-6-5-13(3)14(4)9-15/h5-10,12H,11H2,1-4H3,(H,21,27). The summed E-state index contributed by atoms with van der Waals surface area (Å²) in [5, 5.41) is 16.8. The number of carbonyl (C=O) groups is 1. The van der Waals surface area contributed by atoms with Gasteiger partial charge >= 0.3 is 0 Å². The number of fused-ring (bicyclic) bond motifs is 3. The Morgan fingerprint density at radius 2 is 1.96 bits per heavy atom. The van der Waals surface area contributed by atoms with Gasteiger partial charge in [-0.3, -0.25) is 9.20 Å². The Bertz CT molecular complexity index is 1180. The van der Waals surface area contributed by atoms with Gasteiger partial charge in [0.1, 0.15) is 5.52 Å². The average Bonchev–Trinajstić information content (AvgIpc) is 3.25. The van der Waals surface area contributed by atoms with Crippen LogP contribution in [0.3, 0.4) is 0 Å². The highest BCUT2D eigenvalue weighted by Crippen LogP contribution is 2.25. The second kappa shape index (κ2) is 7.27. The van der Waals surface area contributed by atoms with E-state index in [0.717, 1.165) is 22.4 Å². The van der Waals surface area contributed by atoms with Gasteiger partial charge in [0.25, 0.3) is 0 Å². The van der Waals surface area contributed by atoms with Gasteiger partial charge in [0.2, 0.25) is 5.91 Å². The lowest BCUT2D eigenvalue weighted by Gasteiger charge is -2.07. The molecule has 4 rings (SSSR count). The Labute approximate surface area is 167 Å². The number of carbonyl (C=O) groups excluding carboxylic acids is 1. The van der Waals surface area contributed by atoms with Crippen molar-refractivity contribution in [3.63, 3.8) is 0 Å². The second-order valence-electron chi connectivity index (χ2n) is 7.14. The zero-order chi connectivity index (χ0) is 19.8. The van der Waals surface area contributed by atoms with Crippen molar-refractivity contribution >= 4 is 28.8 Å². The van der Waals surface area contributed by atoms with Crippen molar-refractivity contribution in [2.45, 2.75) is 38.9 Å². The molecule has 4 aromatic rings. The van der Waals surface area contributed by atoms with Crippen LogP contribution < -0.4 is 5.32 Å². The summed E-state index contributed by atoms with van der Waals surface area (Å²) in [4.78, 5) is 11.9.